The zero-order valence-corrected chi connectivity index (χ0v) is 18.9. The Balaban J connectivity index is 1.86. The lowest BCUT2D eigenvalue weighted by molar-refractivity contribution is 0.0969. The minimum absolute atomic E-state index is 0.0413. The summed E-state index contributed by atoms with van der Waals surface area (Å²) < 4.78 is 22.8. The van der Waals surface area contributed by atoms with Gasteiger partial charge in [-0.3, -0.25) is 14.5 Å². The Morgan fingerprint density at radius 2 is 1.88 bits per heavy atom. The minimum Gasteiger partial charge on any atom is -0.497 e. The Labute approximate surface area is 190 Å². The fraction of sp³-hybridized carbons (Fsp3) is 0.174. The molecule has 1 atom stereocenters. The van der Waals surface area contributed by atoms with Crippen LogP contribution in [0.5, 0.6) is 11.5 Å². The topological polar surface area (TPSA) is 95.0 Å². The molecule has 0 unspecified atom stereocenters. The van der Waals surface area contributed by atoms with E-state index in [0.717, 1.165) is 4.47 Å². The molecule has 32 heavy (non-hydrogen) atoms. The van der Waals surface area contributed by atoms with Crippen molar-refractivity contribution in [3.05, 3.63) is 79.8 Å². The van der Waals surface area contributed by atoms with Crippen LogP contribution in [0.4, 0.5) is 5.82 Å². The van der Waals surface area contributed by atoms with Gasteiger partial charge in [0.05, 0.1) is 25.2 Å². The maximum Gasteiger partial charge on any atom is 0.296 e. The highest BCUT2D eigenvalue weighted by atomic mass is 79.9. The predicted octanol–water partition coefficient (Wildman–Crippen LogP) is 4.62. The Kier molecular flexibility index (Phi) is 4.78. The van der Waals surface area contributed by atoms with Gasteiger partial charge in [0, 0.05) is 16.1 Å². The molecule has 1 aliphatic rings. The van der Waals surface area contributed by atoms with E-state index < -0.39 is 11.9 Å². The standard InChI is InChI=1S/C23H17BrN2O6/c1-11-8-18(25-32-11)26-20(14-10-13(29-2)5-7-16(14)30-3)19-21(27)15-9-12(24)4-6-17(15)31-22(19)23(26)28/h4-10,20H,1-3H3/t20-/m1/s1. The van der Waals surface area contributed by atoms with Gasteiger partial charge in [0.25, 0.3) is 5.91 Å². The molecule has 0 saturated heterocycles. The molecule has 3 heterocycles. The van der Waals surface area contributed by atoms with E-state index >= 15 is 0 Å². The summed E-state index contributed by atoms with van der Waals surface area (Å²) in [6.07, 6.45) is 0. The molecule has 0 spiro atoms. The number of ether oxygens (including phenoxy) is 2. The molecule has 162 valence electrons. The van der Waals surface area contributed by atoms with Crippen LogP contribution in [0.25, 0.3) is 11.0 Å². The maximum atomic E-state index is 13.7. The smallest absolute Gasteiger partial charge is 0.296 e. The monoisotopic (exact) mass is 496 g/mol. The van der Waals surface area contributed by atoms with Crippen LogP contribution in [0, 0.1) is 6.92 Å². The molecule has 8 nitrogen and oxygen atoms in total. The van der Waals surface area contributed by atoms with Crippen LogP contribution in [-0.2, 0) is 0 Å². The number of methoxy groups -OCH3 is 2. The van der Waals surface area contributed by atoms with Crippen LogP contribution in [0.15, 0.2) is 60.7 Å². The van der Waals surface area contributed by atoms with Gasteiger partial charge in [-0.1, -0.05) is 21.1 Å². The van der Waals surface area contributed by atoms with Gasteiger partial charge in [0.2, 0.25) is 5.76 Å². The van der Waals surface area contributed by atoms with Gasteiger partial charge in [0.15, 0.2) is 11.2 Å². The molecular weight excluding hydrogens is 480 g/mol. The number of rotatable bonds is 4. The first-order chi connectivity index (χ1) is 15.4. The highest BCUT2D eigenvalue weighted by molar-refractivity contribution is 9.10. The second kappa shape index (κ2) is 7.52. The number of anilines is 1. The number of carbonyl (C=O) groups is 1. The first-order valence-corrected chi connectivity index (χ1v) is 10.5. The van der Waals surface area contributed by atoms with Gasteiger partial charge >= 0.3 is 0 Å². The van der Waals surface area contributed by atoms with Crippen molar-refractivity contribution in [1.82, 2.24) is 5.16 Å². The Morgan fingerprint density at radius 3 is 2.56 bits per heavy atom. The van der Waals surface area contributed by atoms with Crippen molar-refractivity contribution in [3.63, 3.8) is 0 Å². The molecule has 5 rings (SSSR count). The highest BCUT2D eigenvalue weighted by Gasteiger charge is 2.46. The van der Waals surface area contributed by atoms with Gasteiger partial charge in [-0.15, -0.1) is 0 Å². The molecule has 2 aromatic heterocycles. The highest BCUT2D eigenvalue weighted by Crippen LogP contribution is 2.44. The van der Waals surface area contributed by atoms with E-state index in [1.165, 1.54) is 19.1 Å². The molecule has 0 fully saturated rings. The molecule has 0 radical (unpaired) electrons. The van der Waals surface area contributed by atoms with E-state index in [9.17, 15) is 9.59 Å². The molecule has 1 amide bonds. The van der Waals surface area contributed by atoms with Crippen molar-refractivity contribution < 1.29 is 23.2 Å². The van der Waals surface area contributed by atoms with E-state index in [0.29, 0.717) is 33.8 Å². The summed E-state index contributed by atoms with van der Waals surface area (Å²) in [5.41, 5.74) is 0.766. The SMILES string of the molecule is COc1ccc(OC)c([C@@H]2c3c(oc4ccc(Br)cc4c3=O)C(=O)N2c2cc(C)on2)c1. The van der Waals surface area contributed by atoms with Crippen LogP contribution >= 0.6 is 15.9 Å². The molecule has 0 saturated carbocycles. The summed E-state index contributed by atoms with van der Waals surface area (Å²) in [7, 11) is 3.06. The Hall–Kier alpha value is -3.59. The molecule has 0 bridgehead atoms. The quantitative estimate of drug-likeness (QED) is 0.406. The van der Waals surface area contributed by atoms with Crippen LogP contribution in [0.3, 0.4) is 0 Å². The Morgan fingerprint density at radius 1 is 1.06 bits per heavy atom. The van der Waals surface area contributed by atoms with Crippen LogP contribution in [0.2, 0.25) is 0 Å². The second-order valence-electron chi connectivity index (χ2n) is 7.30. The molecule has 1 aliphatic heterocycles. The van der Waals surface area contributed by atoms with Crippen LogP contribution < -0.4 is 19.8 Å². The van der Waals surface area contributed by atoms with Crippen molar-refractivity contribution in [2.24, 2.45) is 0 Å². The van der Waals surface area contributed by atoms with Crippen molar-refractivity contribution >= 4 is 38.6 Å². The zero-order valence-electron chi connectivity index (χ0n) is 17.3. The summed E-state index contributed by atoms with van der Waals surface area (Å²) in [4.78, 5) is 28.6. The number of fused-ring (bicyclic) bond motifs is 2. The van der Waals surface area contributed by atoms with E-state index in [-0.39, 0.29) is 22.6 Å². The number of amides is 1. The molecule has 2 aromatic carbocycles. The fourth-order valence-corrected chi connectivity index (χ4v) is 4.36. The lowest BCUT2D eigenvalue weighted by Crippen LogP contribution is -2.30. The number of nitrogens with zero attached hydrogens (tertiary/aromatic N) is 2. The molecule has 0 aliphatic carbocycles. The third-order valence-electron chi connectivity index (χ3n) is 5.43. The Bertz CT molecular complexity index is 1440. The van der Waals surface area contributed by atoms with Crippen molar-refractivity contribution in [1.29, 1.82) is 0 Å². The van der Waals surface area contributed by atoms with E-state index in [4.69, 9.17) is 18.4 Å². The van der Waals surface area contributed by atoms with E-state index in [1.807, 2.05) is 0 Å². The number of hydrogen-bond donors (Lipinski definition) is 0. The number of hydrogen-bond acceptors (Lipinski definition) is 7. The number of carbonyl (C=O) groups excluding carboxylic acids is 1. The fourth-order valence-electron chi connectivity index (χ4n) is 4.00. The van der Waals surface area contributed by atoms with Gasteiger partial charge in [-0.2, -0.15) is 0 Å². The third kappa shape index (κ3) is 3.00. The summed E-state index contributed by atoms with van der Waals surface area (Å²) >= 11 is 3.40. The second-order valence-corrected chi connectivity index (χ2v) is 8.21. The summed E-state index contributed by atoms with van der Waals surface area (Å²) in [5.74, 6) is 1.28. The van der Waals surface area contributed by atoms with Crippen LogP contribution in [-0.4, -0.2) is 25.3 Å². The first kappa shape index (κ1) is 20.3. The third-order valence-corrected chi connectivity index (χ3v) is 5.92. The molecule has 4 aromatic rings. The van der Waals surface area contributed by atoms with Crippen LogP contribution in [0.1, 0.15) is 33.5 Å². The van der Waals surface area contributed by atoms with Crippen molar-refractivity contribution in [2.45, 2.75) is 13.0 Å². The minimum atomic E-state index is -0.855. The lowest BCUT2D eigenvalue weighted by atomic mass is 9.97. The van der Waals surface area contributed by atoms with Crippen molar-refractivity contribution in [2.75, 3.05) is 19.1 Å². The van der Waals surface area contributed by atoms with Gasteiger partial charge < -0.3 is 18.4 Å². The van der Waals surface area contributed by atoms with Gasteiger partial charge in [0.1, 0.15) is 28.9 Å². The summed E-state index contributed by atoms with van der Waals surface area (Å²) in [6.45, 7) is 1.72. The average molecular weight is 497 g/mol. The van der Waals surface area contributed by atoms with Gasteiger partial charge in [-0.05, 0) is 43.3 Å². The normalized spacial score (nSPS) is 15.3. The lowest BCUT2D eigenvalue weighted by Gasteiger charge is -2.24. The molecule has 0 N–H and O–H groups in total. The predicted molar refractivity (Wildman–Crippen MR) is 120 cm³/mol. The number of benzene rings is 2. The van der Waals surface area contributed by atoms with E-state index in [1.54, 1.807) is 49.4 Å². The molecular formula is C23H17BrN2O6. The zero-order chi connectivity index (χ0) is 22.6. The first-order valence-electron chi connectivity index (χ1n) is 9.68. The van der Waals surface area contributed by atoms with E-state index in [2.05, 4.69) is 21.1 Å². The summed E-state index contributed by atoms with van der Waals surface area (Å²) in [5, 5.41) is 4.38. The van der Waals surface area contributed by atoms with Gasteiger partial charge in [-0.25, -0.2) is 0 Å². The van der Waals surface area contributed by atoms with Crippen molar-refractivity contribution in [3.8, 4) is 11.5 Å². The number of halogens is 1. The number of aromatic nitrogens is 1. The summed E-state index contributed by atoms with van der Waals surface area (Å²) in [6, 6.07) is 11.0. The molecule has 9 heteroatoms. The maximum absolute atomic E-state index is 13.7. The number of aryl methyl sites for hydroxylation is 1. The average Bonchev–Trinajstić information content (AvgIpc) is 3.34. The largest absolute Gasteiger partial charge is 0.497 e.